The maximum absolute atomic E-state index is 13.3. The molecule has 5 N–H and O–H groups in total. The van der Waals surface area contributed by atoms with Crippen molar-refractivity contribution in [2.75, 3.05) is 11.1 Å². The fraction of sp³-hybridized carbons (Fsp3) is 0.108. The molecule has 0 aromatic heterocycles. The van der Waals surface area contributed by atoms with Crippen LogP contribution in [0.3, 0.4) is 0 Å². The van der Waals surface area contributed by atoms with E-state index in [1.165, 1.54) is 0 Å². The lowest BCUT2D eigenvalue weighted by molar-refractivity contribution is -0.135. The van der Waals surface area contributed by atoms with Crippen LogP contribution in [-0.4, -0.2) is 17.7 Å². The highest BCUT2D eigenvalue weighted by Gasteiger charge is 2.27. The van der Waals surface area contributed by atoms with Crippen LogP contribution in [0.4, 0.5) is 11.4 Å². The summed E-state index contributed by atoms with van der Waals surface area (Å²) in [6.07, 6.45) is 0.176. The van der Waals surface area contributed by atoms with Gasteiger partial charge in [0.2, 0.25) is 11.8 Å². The first kappa shape index (κ1) is 29.8. The van der Waals surface area contributed by atoms with Gasteiger partial charge >= 0.3 is 0 Å². The number of rotatable bonds is 11. The number of nitrogens with two attached hydrogens (primary N) is 1. The molecule has 5 aromatic carbocycles. The number of nitrogen functional groups attached to an aromatic ring is 1. The highest BCUT2D eigenvalue weighted by molar-refractivity contribution is 6.06. The largest absolute Gasteiger partial charge is 0.397 e. The number of carbonyl (C=O) groups is 3. The summed E-state index contributed by atoms with van der Waals surface area (Å²) >= 11 is 0. The zero-order valence-corrected chi connectivity index (χ0v) is 24.2. The molecule has 0 aliphatic heterocycles. The van der Waals surface area contributed by atoms with E-state index in [9.17, 15) is 14.4 Å². The Labute approximate surface area is 257 Å². The van der Waals surface area contributed by atoms with Gasteiger partial charge in [-0.25, -0.2) is 0 Å². The van der Waals surface area contributed by atoms with Gasteiger partial charge in [0, 0.05) is 18.7 Å². The minimum absolute atomic E-state index is 0.176. The maximum Gasteiger partial charge on any atom is 0.255 e. The third-order valence-corrected chi connectivity index (χ3v) is 7.32. The molecule has 0 atom stereocenters. The summed E-state index contributed by atoms with van der Waals surface area (Å²) in [5.41, 5.74) is 12.2. The highest BCUT2D eigenvalue weighted by atomic mass is 16.2. The average molecular weight is 583 g/mol. The molecule has 0 saturated carbocycles. The highest BCUT2D eigenvalue weighted by Crippen LogP contribution is 2.27. The molecule has 7 heteroatoms. The molecule has 0 aliphatic carbocycles. The molecule has 0 radical (unpaired) electrons. The Bertz CT molecular complexity index is 1650. The summed E-state index contributed by atoms with van der Waals surface area (Å²) in [7, 11) is 0. The van der Waals surface area contributed by atoms with Crippen molar-refractivity contribution < 1.29 is 14.4 Å². The predicted octanol–water partition coefficient (Wildman–Crippen LogP) is 5.98. The molecule has 0 saturated heterocycles. The molecule has 0 unspecified atom stereocenters. The Kier molecular flexibility index (Phi) is 9.80. The van der Waals surface area contributed by atoms with Crippen molar-refractivity contribution in [1.82, 2.24) is 10.6 Å². The number of nitrogens with one attached hydrogen (secondary N) is 3. The molecule has 5 aromatic rings. The Morgan fingerprint density at radius 2 is 1.09 bits per heavy atom. The Hall–Kier alpha value is -5.69. The van der Waals surface area contributed by atoms with Crippen molar-refractivity contribution in [1.29, 1.82) is 0 Å². The van der Waals surface area contributed by atoms with Crippen LogP contribution in [-0.2, 0) is 29.1 Å². The van der Waals surface area contributed by atoms with Gasteiger partial charge in [-0.1, -0.05) is 109 Å². The van der Waals surface area contributed by atoms with E-state index in [-0.39, 0.29) is 24.1 Å². The van der Waals surface area contributed by atoms with E-state index in [0.29, 0.717) is 30.0 Å². The summed E-state index contributed by atoms with van der Waals surface area (Å²) in [5.74, 6) is -2.00. The van der Waals surface area contributed by atoms with Gasteiger partial charge in [-0.3, -0.25) is 14.4 Å². The average Bonchev–Trinajstić information content (AvgIpc) is 3.07. The van der Waals surface area contributed by atoms with Crippen molar-refractivity contribution in [2.24, 2.45) is 5.92 Å². The fourth-order valence-corrected chi connectivity index (χ4v) is 4.82. The van der Waals surface area contributed by atoms with E-state index in [4.69, 9.17) is 5.73 Å². The van der Waals surface area contributed by atoms with Crippen molar-refractivity contribution in [3.63, 3.8) is 0 Å². The van der Waals surface area contributed by atoms with E-state index in [1.54, 1.807) is 30.3 Å². The van der Waals surface area contributed by atoms with Crippen LogP contribution in [0.5, 0.6) is 0 Å². The van der Waals surface area contributed by atoms with Crippen LogP contribution < -0.4 is 21.7 Å². The molecule has 220 valence electrons. The van der Waals surface area contributed by atoms with Crippen molar-refractivity contribution in [3.8, 4) is 11.1 Å². The normalized spacial score (nSPS) is 10.7. The molecule has 0 bridgehead atoms. The molecule has 0 spiro atoms. The van der Waals surface area contributed by atoms with Gasteiger partial charge in [0.15, 0.2) is 0 Å². The van der Waals surface area contributed by atoms with Crippen molar-refractivity contribution >= 4 is 29.1 Å². The number of hydrogen-bond donors (Lipinski definition) is 4. The monoisotopic (exact) mass is 582 g/mol. The summed E-state index contributed by atoms with van der Waals surface area (Å²) in [6, 6.07) is 41.4. The molecule has 7 nitrogen and oxygen atoms in total. The SMILES string of the molecule is Nc1ccc(-c2ccccc2)cc1NC(=O)c1ccc(CC(C(=O)NCc2ccccc2)C(=O)NCc2ccccc2)cc1. The lowest BCUT2D eigenvalue weighted by Crippen LogP contribution is -2.42. The van der Waals surface area contributed by atoms with Crippen molar-refractivity contribution in [3.05, 3.63) is 156 Å². The third kappa shape index (κ3) is 7.98. The second-order valence-electron chi connectivity index (χ2n) is 10.5. The molecule has 0 aliphatic rings. The lowest BCUT2D eigenvalue weighted by Gasteiger charge is -2.17. The van der Waals surface area contributed by atoms with Gasteiger partial charge in [-0.05, 0) is 58.5 Å². The molecule has 0 heterocycles. The van der Waals surface area contributed by atoms with E-state index >= 15 is 0 Å². The first-order valence-electron chi connectivity index (χ1n) is 14.4. The number of amides is 3. The van der Waals surface area contributed by atoms with Crippen LogP contribution in [0, 0.1) is 5.92 Å². The van der Waals surface area contributed by atoms with Gasteiger partial charge < -0.3 is 21.7 Å². The Balaban J connectivity index is 1.27. The van der Waals surface area contributed by atoms with E-state index < -0.39 is 5.92 Å². The smallest absolute Gasteiger partial charge is 0.255 e. The van der Waals surface area contributed by atoms with Crippen LogP contribution in [0.1, 0.15) is 27.0 Å². The van der Waals surface area contributed by atoms with Gasteiger partial charge in [0.05, 0.1) is 11.4 Å². The van der Waals surface area contributed by atoms with Gasteiger partial charge in [0.1, 0.15) is 5.92 Å². The van der Waals surface area contributed by atoms with Gasteiger partial charge in [-0.15, -0.1) is 0 Å². The van der Waals surface area contributed by atoms with Gasteiger partial charge in [0.25, 0.3) is 5.91 Å². The molecule has 44 heavy (non-hydrogen) atoms. The van der Waals surface area contributed by atoms with Crippen LogP contribution in [0.2, 0.25) is 0 Å². The first-order chi connectivity index (χ1) is 21.5. The van der Waals surface area contributed by atoms with Crippen LogP contribution >= 0.6 is 0 Å². The molecular formula is C37H34N4O3. The fourth-order valence-electron chi connectivity index (χ4n) is 4.82. The quantitative estimate of drug-likeness (QED) is 0.113. The molecule has 5 rings (SSSR count). The molecule has 3 amide bonds. The zero-order valence-electron chi connectivity index (χ0n) is 24.2. The second-order valence-corrected chi connectivity index (χ2v) is 10.5. The Morgan fingerprint density at radius 3 is 1.64 bits per heavy atom. The number of carbonyl (C=O) groups excluding carboxylic acids is 3. The van der Waals surface area contributed by atoms with E-state index in [2.05, 4.69) is 16.0 Å². The number of benzene rings is 5. The van der Waals surface area contributed by atoms with E-state index in [1.807, 2.05) is 103 Å². The summed E-state index contributed by atoms with van der Waals surface area (Å²) < 4.78 is 0. The minimum atomic E-state index is -0.956. The predicted molar refractivity (Wildman–Crippen MR) is 174 cm³/mol. The standard InChI is InChI=1S/C37H34N4O3/c38-33-21-20-31(29-14-8-3-9-15-29)23-34(33)41-35(42)30-18-16-26(17-19-30)22-32(36(43)39-24-27-10-4-1-5-11-27)37(44)40-25-28-12-6-2-7-13-28/h1-21,23,32H,22,24-25,38H2,(H,39,43)(H,40,44)(H,41,42). The topological polar surface area (TPSA) is 113 Å². The Morgan fingerprint density at radius 1 is 0.568 bits per heavy atom. The zero-order chi connectivity index (χ0) is 30.7. The molecule has 0 fully saturated rings. The third-order valence-electron chi connectivity index (χ3n) is 7.32. The summed E-state index contributed by atoms with van der Waals surface area (Å²) in [6.45, 7) is 0.631. The van der Waals surface area contributed by atoms with Crippen LogP contribution in [0.15, 0.2) is 133 Å². The maximum atomic E-state index is 13.3. The minimum Gasteiger partial charge on any atom is -0.397 e. The summed E-state index contributed by atoms with van der Waals surface area (Å²) in [5, 5.41) is 8.71. The number of anilines is 2. The van der Waals surface area contributed by atoms with Crippen molar-refractivity contribution in [2.45, 2.75) is 19.5 Å². The van der Waals surface area contributed by atoms with Crippen LogP contribution in [0.25, 0.3) is 11.1 Å². The lowest BCUT2D eigenvalue weighted by atomic mass is 9.96. The number of hydrogen-bond acceptors (Lipinski definition) is 4. The van der Waals surface area contributed by atoms with E-state index in [0.717, 1.165) is 27.8 Å². The second kappa shape index (κ2) is 14.5. The summed E-state index contributed by atoms with van der Waals surface area (Å²) in [4.78, 5) is 39.6. The van der Waals surface area contributed by atoms with Gasteiger partial charge in [-0.2, -0.15) is 0 Å². The molecular weight excluding hydrogens is 548 g/mol. The first-order valence-corrected chi connectivity index (χ1v) is 14.4.